The molecule has 3 N–H and O–H groups in total. The third-order valence-electron chi connectivity index (χ3n) is 2.71. The molecule has 2 rings (SSSR count). The molecule has 0 bridgehead atoms. The van der Waals surface area contributed by atoms with Crippen molar-refractivity contribution in [3.8, 4) is 0 Å². The van der Waals surface area contributed by atoms with Gasteiger partial charge in [-0.05, 0) is 24.5 Å². The smallest absolute Gasteiger partial charge is 0.258 e. The lowest BCUT2D eigenvalue weighted by atomic mass is 10.0. The maximum absolute atomic E-state index is 11.8. The standard InChI is InChI=1S/C13H17N3O/c1-8(2)7-10(14)12-15-11-6-4-3-5-9(11)13(17)16-12/h3-6,8,10H,7,14H2,1-2H3,(H,15,16,17)/t10-/m0/s1. The van der Waals surface area contributed by atoms with Gasteiger partial charge in [0.1, 0.15) is 5.82 Å². The van der Waals surface area contributed by atoms with Crippen LogP contribution in [0.15, 0.2) is 29.1 Å². The lowest BCUT2D eigenvalue weighted by Crippen LogP contribution is -2.21. The van der Waals surface area contributed by atoms with Gasteiger partial charge in [-0.1, -0.05) is 26.0 Å². The van der Waals surface area contributed by atoms with Crippen molar-refractivity contribution in [1.29, 1.82) is 0 Å². The van der Waals surface area contributed by atoms with E-state index in [1.807, 2.05) is 18.2 Å². The van der Waals surface area contributed by atoms with Crippen molar-refractivity contribution in [2.45, 2.75) is 26.3 Å². The average Bonchev–Trinajstić information content (AvgIpc) is 2.28. The van der Waals surface area contributed by atoms with E-state index in [1.54, 1.807) is 6.07 Å². The van der Waals surface area contributed by atoms with Crippen LogP contribution in [0.4, 0.5) is 0 Å². The number of nitrogens with zero attached hydrogens (tertiary/aromatic N) is 1. The van der Waals surface area contributed by atoms with Crippen LogP contribution in [0, 0.1) is 5.92 Å². The number of H-pyrrole nitrogens is 1. The highest BCUT2D eigenvalue weighted by Gasteiger charge is 2.12. The first-order valence-electron chi connectivity index (χ1n) is 5.82. The van der Waals surface area contributed by atoms with E-state index in [1.165, 1.54) is 0 Å². The summed E-state index contributed by atoms with van der Waals surface area (Å²) in [5.74, 6) is 1.05. The second kappa shape index (κ2) is 4.67. The Hall–Kier alpha value is -1.68. The number of fused-ring (bicyclic) bond motifs is 1. The Bertz CT molecular complexity index is 574. The van der Waals surface area contributed by atoms with Crippen molar-refractivity contribution >= 4 is 10.9 Å². The topological polar surface area (TPSA) is 71.8 Å². The van der Waals surface area contributed by atoms with Crippen molar-refractivity contribution in [1.82, 2.24) is 9.97 Å². The van der Waals surface area contributed by atoms with Gasteiger partial charge < -0.3 is 10.7 Å². The highest BCUT2D eigenvalue weighted by molar-refractivity contribution is 5.77. The molecule has 0 saturated heterocycles. The first-order valence-corrected chi connectivity index (χ1v) is 5.82. The minimum Gasteiger partial charge on any atom is -0.321 e. The number of hydrogen-bond acceptors (Lipinski definition) is 3. The Balaban J connectivity index is 2.46. The lowest BCUT2D eigenvalue weighted by molar-refractivity contribution is 0.493. The molecular weight excluding hydrogens is 214 g/mol. The van der Waals surface area contributed by atoms with E-state index >= 15 is 0 Å². The lowest BCUT2D eigenvalue weighted by Gasteiger charge is -2.13. The van der Waals surface area contributed by atoms with Crippen LogP contribution >= 0.6 is 0 Å². The Labute approximate surface area is 99.9 Å². The summed E-state index contributed by atoms with van der Waals surface area (Å²) in [6.45, 7) is 4.19. The van der Waals surface area contributed by atoms with E-state index in [-0.39, 0.29) is 11.6 Å². The molecule has 1 aromatic heterocycles. The van der Waals surface area contributed by atoms with Gasteiger partial charge in [-0.25, -0.2) is 4.98 Å². The number of benzene rings is 1. The molecule has 2 aromatic rings. The summed E-state index contributed by atoms with van der Waals surface area (Å²) in [6.07, 6.45) is 0.807. The van der Waals surface area contributed by atoms with Crippen LogP contribution in [0.2, 0.25) is 0 Å². The largest absolute Gasteiger partial charge is 0.321 e. The molecule has 0 saturated carbocycles. The number of nitrogens with two attached hydrogens (primary N) is 1. The molecule has 4 nitrogen and oxygen atoms in total. The fourth-order valence-electron chi connectivity index (χ4n) is 1.90. The number of hydrogen-bond donors (Lipinski definition) is 2. The molecule has 0 unspecified atom stereocenters. The zero-order chi connectivity index (χ0) is 12.4. The molecule has 90 valence electrons. The summed E-state index contributed by atoms with van der Waals surface area (Å²) < 4.78 is 0. The average molecular weight is 231 g/mol. The zero-order valence-corrected chi connectivity index (χ0v) is 10.1. The number of aromatic amines is 1. The zero-order valence-electron chi connectivity index (χ0n) is 10.1. The molecular formula is C13H17N3O. The van der Waals surface area contributed by atoms with E-state index in [0.717, 1.165) is 6.42 Å². The third kappa shape index (κ3) is 2.53. The SMILES string of the molecule is CC(C)C[C@H](N)c1nc2ccccc2c(=O)[nH]1. The van der Waals surface area contributed by atoms with Gasteiger partial charge in [-0.15, -0.1) is 0 Å². The Morgan fingerprint density at radius 1 is 1.35 bits per heavy atom. The van der Waals surface area contributed by atoms with E-state index in [9.17, 15) is 4.79 Å². The van der Waals surface area contributed by atoms with E-state index in [2.05, 4.69) is 23.8 Å². The highest BCUT2D eigenvalue weighted by Crippen LogP contribution is 2.16. The van der Waals surface area contributed by atoms with Crippen LogP contribution in [0.5, 0.6) is 0 Å². The molecule has 0 radical (unpaired) electrons. The molecule has 0 amide bonds. The van der Waals surface area contributed by atoms with Gasteiger partial charge >= 0.3 is 0 Å². The number of nitrogens with one attached hydrogen (secondary N) is 1. The molecule has 1 heterocycles. The minimum atomic E-state index is -0.215. The van der Waals surface area contributed by atoms with Gasteiger partial charge in [0.15, 0.2) is 0 Å². The van der Waals surface area contributed by atoms with Crippen LogP contribution in [0.3, 0.4) is 0 Å². The molecule has 4 heteroatoms. The van der Waals surface area contributed by atoms with Gasteiger partial charge in [-0.3, -0.25) is 4.79 Å². The summed E-state index contributed by atoms with van der Waals surface area (Å²) in [5.41, 5.74) is 6.60. The monoisotopic (exact) mass is 231 g/mol. The predicted molar refractivity (Wildman–Crippen MR) is 68.7 cm³/mol. The first kappa shape index (κ1) is 11.8. The predicted octanol–water partition coefficient (Wildman–Crippen LogP) is 1.97. The van der Waals surface area contributed by atoms with Crippen LogP contribution < -0.4 is 11.3 Å². The Morgan fingerprint density at radius 2 is 2.06 bits per heavy atom. The fraction of sp³-hybridized carbons (Fsp3) is 0.385. The fourth-order valence-corrected chi connectivity index (χ4v) is 1.90. The second-order valence-corrected chi connectivity index (χ2v) is 4.70. The number of aromatic nitrogens is 2. The molecule has 0 aliphatic heterocycles. The summed E-state index contributed by atoms with van der Waals surface area (Å²) in [4.78, 5) is 19.0. The van der Waals surface area contributed by atoms with Crippen molar-refractivity contribution < 1.29 is 0 Å². The van der Waals surface area contributed by atoms with Gasteiger partial charge in [-0.2, -0.15) is 0 Å². The summed E-state index contributed by atoms with van der Waals surface area (Å²) in [5, 5.41) is 0.605. The van der Waals surface area contributed by atoms with Gasteiger partial charge in [0.05, 0.1) is 16.9 Å². The third-order valence-corrected chi connectivity index (χ3v) is 2.71. The molecule has 0 spiro atoms. The normalized spacial score (nSPS) is 13.2. The van der Waals surface area contributed by atoms with Crippen molar-refractivity contribution in [2.75, 3.05) is 0 Å². The maximum Gasteiger partial charge on any atom is 0.258 e. The molecule has 1 aromatic carbocycles. The van der Waals surface area contributed by atoms with E-state index in [0.29, 0.717) is 22.6 Å². The van der Waals surface area contributed by atoms with Crippen molar-refractivity contribution in [2.24, 2.45) is 11.7 Å². The quantitative estimate of drug-likeness (QED) is 0.848. The molecule has 0 aliphatic rings. The number of para-hydroxylation sites is 1. The van der Waals surface area contributed by atoms with E-state index < -0.39 is 0 Å². The molecule has 1 atom stereocenters. The Morgan fingerprint density at radius 3 is 2.76 bits per heavy atom. The number of rotatable bonds is 3. The summed E-state index contributed by atoms with van der Waals surface area (Å²) in [7, 11) is 0. The highest BCUT2D eigenvalue weighted by atomic mass is 16.1. The van der Waals surface area contributed by atoms with Crippen molar-refractivity contribution in [3.63, 3.8) is 0 Å². The first-order chi connectivity index (χ1) is 8.08. The van der Waals surface area contributed by atoms with Crippen LogP contribution in [-0.2, 0) is 0 Å². The van der Waals surface area contributed by atoms with E-state index in [4.69, 9.17) is 5.73 Å². The molecule has 17 heavy (non-hydrogen) atoms. The van der Waals surface area contributed by atoms with Crippen LogP contribution in [0.1, 0.15) is 32.1 Å². The van der Waals surface area contributed by atoms with Gasteiger partial charge in [0, 0.05) is 0 Å². The van der Waals surface area contributed by atoms with Crippen LogP contribution in [0.25, 0.3) is 10.9 Å². The Kier molecular flexibility index (Phi) is 3.24. The van der Waals surface area contributed by atoms with Crippen LogP contribution in [-0.4, -0.2) is 9.97 Å². The minimum absolute atomic E-state index is 0.121. The summed E-state index contributed by atoms with van der Waals surface area (Å²) in [6, 6.07) is 7.07. The molecule has 0 fully saturated rings. The van der Waals surface area contributed by atoms with Gasteiger partial charge in [0.25, 0.3) is 5.56 Å². The summed E-state index contributed by atoms with van der Waals surface area (Å²) >= 11 is 0. The molecule has 0 aliphatic carbocycles. The second-order valence-electron chi connectivity index (χ2n) is 4.70. The maximum atomic E-state index is 11.8. The van der Waals surface area contributed by atoms with Crippen molar-refractivity contribution in [3.05, 3.63) is 40.4 Å². The van der Waals surface area contributed by atoms with Gasteiger partial charge in [0.2, 0.25) is 0 Å².